The number of benzene rings is 1. The molecule has 1 aromatic carbocycles. The number of aromatic hydroxyl groups is 1. The first-order chi connectivity index (χ1) is 9.47. The van der Waals surface area contributed by atoms with Crippen molar-refractivity contribution in [1.29, 1.82) is 5.41 Å². The van der Waals surface area contributed by atoms with Gasteiger partial charge in [0.15, 0.2) is 0 Å². The highest BCUT2D eigenvalue weighted by Gasteiger charge is 2.17. The van der Waals surface area contributed by atoms with E-state index in [1.165, 1.54) is 29.8 Å². The first kappa shape index (κ1) is 14.0. The third-order valence-corrected chi connectivity index (χ3v) is 3.21. The number of hydrogen-bond donors (Lipinski definition) is 2. The van der Waals surface area contributed by atoms with Gasteiger partial charge in [-0.2, -0.15) is 0 Å². The van der Waals surface area contributed by atoms with Gasteiger partial charge < -0.3 is 15.1 Å². The Morgan fingerprint density at radius 2 is 2.05 bits per heavy atom. The van der Waals surface area contributed by atoms with E-state index in [9.17, 15) is 14.3 Å². The summed E-state index contributed by atoms with van der Waals surface area (Å²) < 4.78 is 15.1. The van der Waals surface area contributed by atoms with Crippen LogP contribution in [-0.4, -0.2) is 15.4 Å². The number of halogens is 1. The molecule has 2 N–H and O–H groups in total. The van der Waals surface area contributed by atoms with Gasteiger partial charge in [-0.1, -0.05) is 19.1 Å². The minimum Gasteiger partial charge on any atom is -0.507 e. The molecule has 0 fully saturated rings. The third kappa shape index (κ3) is 2.22. The van der Waals surface area contributed by atoms with Crippen molar-refractivity contribution >= 4 is 5.71 Å². The summed E-state index contributed by atoms with van der Waals surface area (Å²) in [6.07, 6.45) is 0.335. The van der Waals surface area contributed by atoms with Gasteiger partial charge in [-0.05, 0) is 18.6 Å². The van der Waals surface area contributed by atoms with E-state index >= 15 is 0 Å². The molecule has 0 aliphatic carbocycles. The van der Waals surface area contributed by atoms with Gasteiger partial charge >= 0.3 is 0 Å². The van der Waals surface area contributed by atoms with Gasteiger partial charge in [-0.15, -0.1) is 0 Å². The van der Waals surface area contributed by atoms with Gasteiger partial charge in [-0.25, -0.2) is 4.39 Å². The van der Waals surface area contributed by atoms with Crippen LogP contribution in [0.4, 0.5) is 4.39 Å². The zero-order valence-electron chi connectivity index (χ0n) is 11.3. The van der Waals surface area contributed by atoms with Crippen LogP contribution < -0.4 is 5.56 Å². The lowest BCUT2D eigenvalue weighted by Gasteiger charge is -2.13. The van der Waals surface area contributed by atoms with E-state index in [0.29, 0.717) is 6.42 Å². The lowest BCUT2D eigenvalue weighted by atomic mass is 10.0. The molecule has 0 amide bonds. The lowest BCUT2D eigenvalue weighted by molar-refractivity contribution is 0.471. The first-order valence-corrected chi connectivity index (χ1v) is 6.23. The number of nitrogens with one attached hydrogen (secondary N) is 1. The molecular weight excluding hydrogens is 259 g/mol. The maximum absolute atomic E-state index is 13.8. The summed E-state index contributed by atoms with van der Waals surface area (Å²) in [6.45, 7) is 1.73. The summed E-state index contributed by atoms with van der Waals surface area (Å²) in [5, 5.41) is 17.7. The zero-order chi connectivity index (χ0) is 14.9. The largest absolute Gasteiger partial charge is 0.507 e. The van der Waals surface area contributed by atoms with Crippen molar-refractivity contribution in [2.24, 2.45) is 7.05 Å². The highest BCUT2D eigenvalue weighted by Crippen LogP contribution is 2.26. The SMILES string of the molecule is CCC(=N)c1c(O)cc(-c2ccccc2F)n(C)c1=O. The van der Waals surface area contributed by atoms with Crippen molar-refractivity contribution in [3.63, 3.8) is 0 Å². The Labute approximate surface area is 115 Å². The van der Waals surface area contributed by atoms with Gasteiger partial charge in [-0.3, -0.25) is 4.79 Å². The fourth-order valence-electron chi connectivity index (χ4n) is 2.07. The van der Waals surface area contributed by atoms with Crippen LogP contribution in [0.5, 0.6) is 5.75 Å². The normalized spacial score (nSPS) is 10.6. The van der Waals surface area contributed by atoms with E-state index in [0.717, 1.165) is 0 Å². The summed E-state index contributed by atoms with van der Waals surface area (Å²) in [4.78, 5) is 12.2. The monoisotopic (exact) mass is 274 g/mol. The van der Waals surface area contributed by atoms with Crippen molar-refractivity contribution in [2.75, 3.05) is 0 Å². The summed E-state index contributed by atoms with van der Waals surface area (Å²) in [5.41, 5.74) is 0.0311. The quantitative estimate of drug-likeness (QED) is 0.845. The number of aromatic nitrogens is 1. The van der Waals surface area contributed by atoms with Crippen LogP contribution in [-0.2, 0) is 7.05 Å². The Morgan fingerprint density at radius 3 is 2.65 bits per heavy atom. The highest BCUT2D eigenvalue weighted by molar-refractivity contribution is 6.00. The molecular formula is C15H15FN2O2. The Kier molecular flexibility index (Phi) is 3.70. The molecule has 2 aromatic rings. The Balaban J connectivity index is 2.74. The summed E-state index contributed by atoms with van der Waals surface area (Å²) in [6, 6.07) is 7.35. The van der Waals surface area contributed by atoms with Gasteiger partial charge in [0.25, 0.3) is 5.56 Å². The van der Waals surface area contributed by atoms with Crippen LogP contribution >= 0.6 is 0 Å². The smallest absolute Gasteiger partial charge is 0.263 e. The molecule has 1 heterocycles. The topological polar surface area (TPSA) is 66.1 Å². The number of hydrogen-bond acceptors (Lipinski definition) is 3. The van der Waals surface area contributed by atoms with Crippen LogP contribution in [0.25, 0.3) is 11.3 Å². The number of pyridine rings is 1. The molecule has 4 nitrogen and oxygen atoms in total. The van der Waals surface area contributed by atoms with E-state index in [1.807, 2.05) is 0 Å². The molecule has 104 valence electrons. The predicted octanol–water partition coefficient (Wildman–Crippen LogP) is 2.67. The molecule has 20 heavy (non-hydrogen) atoms. The summed E-state index contributed by atoms with van der Waals surface area (Å²) in [7, 11) is 1.50. The van der Waals surface area contributed by atoms with E-state index in [1.54, 1.807) is 19.1 Å². The number of nitrogens with zero attached hydrogens (tertiary/aromatic N) is 1. The van der Waals surface area contributed by atoms with Gasteiger partial charge in [0.05, 0.1) is 5.69 Å². The second-order valence-corrected chi connectivity index (χ2v) is 4.47. The predicted molar refractivity (Wildman–Crippen MR) is 75.9 cm³/mol. The van der Waals surface area contributed by atoms with Crippen LogP contribution in [0.1, 0.15) is 18.9 Å². The maximum atomic E-state index is 13.8. The Bertz CT molecular complexity index is 735. The van der Waals surface area contributed by atoms with Crippen molar-refractivity contribution in [2.45, 2.75) is 13.3 Å². The maximum Gasteiger partial charge on any atom is 0.263 e. The molecule has 0 aliphatic heterocycles. The van der Waals surface area contributed by atoms with Crippen molar-refractivity contribution in [3.05, 3.63) is 52.1 Å². The van der Waals surface area contributed by atoms with Crippen LogP contribution in [0.2, 0.25) is 0 Å². The molecule has 0 unspecified atom stereocenters. The minimum atomic E-state index is -0.505. The van der Waals surface area contributed by atoms with Crippen molar-refractivity contribution < 1.29 is 9.50 Å². The second-order valence-electron chi connectivity index (χ2n) is 4.47. The van der Waals surface area contributed by atoms with Gasteiger partial charge in [0.2, 0.25) is 0 Å². The molecule has 1 aromatic heterocycles. The Morgan fingerprint density at radius 1 is 1.40 bits per heavy atom. The molecule has 0 aliphatic rings. The van der Waals surface area contributed by atoms with Crippen molar-refractivity contribution in [3.8, 4) is 17.0 Å². The molecule has 0 radical (unpaired) electrons. The average Bonchev–Trinajstić information content (AvgIpc) is 2.43. The van der Waals surface area contributed by atoms with E-state index in [-0.39, 0.29) is 28.3 Å². The molecule has 0 bridgehead atoms. The summed E-state index contributed by atoms with van der Waals surface area (Å²) >= 11 is 0. The molecule has 0 spiro atoms. The van der Waals surface area contributed by atoms with Crippen LogP contribution in [0, 0.1) is 11.2 Å². The second kappa shape index (κ2) is 5.28. The van der Waals surface area contributed by atoms with Crippen LogP contribution in [0.15, 0.2) is 35.1 Å². The molecule has 5 heteroatoms. The fraction of sp³-hybridized carbons (Fsp3) is 0.200. The number of rotatable bonds is 3. The zero-order valence-corrected chi connectivity index (χ0v) is 11.3. The molecule has 2 rings (SSSR count). The minimum absolute atomic E-state index is 0.0323. The Hall–Kier alpha value is -2.43. The van der Waals surface area contributed by atoms with Crippen molar-refractivity contribution in [1.82, 2.24) is 4.57 Å². The lowest BCUT2D eigenvalue weighted by Crippen LogP contribution is -2.25. The summed E-state index contributed by atoms with van der Waals surface area (Å²) in [5.74, 6) is -0.765. The molecule has 0 atom stereocenters. The third-order valence-electron chi connectivity index (χ3n) is 3.21. The fourth-order valence-corrected chi connectivity index (χ4v) is 2.07. The highest BCUT2D eigenvalue weighted by atomic mass is 19.1. The van der Waals surface area contributed by atoms with Crippen LogP contribution in [0.3, 0.4) is 0 Å². The first-order valence-electron chi connectivity index (χ1n) is 6.23. The molecule has 0 saturated heterocycles. The van der Waals surface area contributed by atoms with Gasteiger partial charge in [0, 0.05) is 24.4 Å². The molecule has 0 saturated carbocycles. The van der Waals surface area contributed by atoms with E-state index in [4.69, 9.17) is 5.41 Å². The average molecular weight is 274 g/mol. The van der Waals surface area contributed by atoms with Gasteiger partial charge in [0.1, 0.15) is 17.1 Å². The van der Waals surface area contributed by atoms with E-state index < -0.39 is 11.4 Å². The van der Waals surface area contributed by atoms with E-state index in [2.05, 4.69) is 0 Å². The standard InChI is InChI=1S/C15H15FN2O2/c1-3-11(17)14-13(19)8-12(18(2)15(14)20)9-6-4-5-7-10(9)16/h4-8,17,19H,3H2,1-2H3.